The van der Waals surface area contributed by atoms with Crippen LogP contribution in [0, 0.1) is 0 Å². The van der Waals surface area contributed by atoms with Crippen LogP contribution in [0.25, 0.3) is 0 Å². The summed E-state index contributed by atoms with van der Waals surface area (Å²) in [5.41, 5.74) is 1.10. The lowest BCUT2D eigenvalue weighted by atomic mass is 10.2. The molecule has 1 aromatic heterocycles. The Hall–Kier alpha value is -2.74. The van der Waals surface area contributed by atoms with Crippen LogP contribution in [0.15, 0.2) is 29.1 Å². The van der Waals surface area contributed by atoms with Crippen molar-refractivity contribution in [1.29, 1.82) is 0 Å². The number of rotatable bonds is 11. The molecule has 0 bridgehead atoms. The van der Waals surface area contributed by atoms with Gasteiger partial charge in [0.25, 0.3) is 0 Å². The highest BCUT2D eigenvalue weighted by Crippen LogP contribution is 2.23. The number of hydrogen-bond donors (Lipinski definition) is 2. The first-order valence-corrected chi connectivity index (χ1v) is 10.2. The molecule has 8 heteroatoms. The lowest BCUT2D eigenvalue weighted by Crippen LogP contribution is -2.25. The second-order valence-electron chi connectivity index (χ2n) is 6.98. The first-order valence-electron chi connectivity index (χ1n) is 10.2. The van der Waals surface area contributed by atoms with E-state index in [2.05, 4.69) is 5.32 Å². The lowest BCUT2D eigenvalue weighted by molar-refractivity contribution is 0.0521. The van der Waals surface area contributed by atoms with Gasteiger partial charge in [0.15, 0.2) is 0 Å². The molecule has 1 aliphatic heterocycles. The quantitative estimate of drug-likeness (QED) is 0.440. The highest BCUT2D eigenvalue weighted by atomic mass is 16.5. The molecule has 0 aliphatic carbocycles. The summed E-state index contributed by atoms with van der Waals surface area (Å²) in [6, 6.07) is 7.04. The van der Waals surface area contributed by atoms with E-state index in [1.165, 1.54) is 4.57 Å². The van der Waals surface area contributed by atoms with Crippen molar-refractivity contribution in [3.8, 4) is 11.6 Å². The molecule has 1 aliphatic rings. The number of carbonyl (C=O) groups excluding carboxylic acids is 1. The number of hydrogen-bond acceptors (Lipinski definition) is 6. The number of para-hydroxylation sites is 1. The largest absolute Gasteiger partial charge is 0.493 e. The number of fused-ring (bicyclic) bond motifs is 1. The Morgan fingerprint density at radius 3 is 2.86 bits per heavy atom. The fourth-order valence-corrected chi connectivity index (χ4v) is 3.56. The number of unbranched alkanes of at least 4 members (excludes halogenated alkanes) is 1. The van der Waals surface area contributed by atoms with Gasteiger partial charge in [-0.15, -0.1) is 0 Å². The average Bonchev–Trinajstić information content (AvgIpc) is 3.29. The third-order valence-corrected chi connectivity index (χ3v) is 5.00. The summed E-state index contributed by atoms with van der Waals surface area (Å²) >= 11 is 0. The van der Waals surface area contributed by atoms with Crippen LogP contribution in [0.1, 0.15) is 42.2 Å². The van der Waals surface area contributed by atoms with E-state index in [-0.39, 0.29) is 17.5 Å². The van der Waals surface area contributed by atoms with Gasteiger partial charge in [0, 0.05) is 19.6 Å². The van der Waals surface area contributed by atoms with Crippen molar-refractivity contribution in [2.75, 3.05) is 26.3 Å². The SMILES string of the molecule is CCOC(=O)c1ccccc1OCCNCCCCn1c(O)c2n(c1=O)CCC2. The number of aromatic nitrogens is 2. The normalized spacial score (nSPS) is 12.7. The Labute approximate surface area is 170 Å². The first kappa shape index (κ1) is 21.0. The second kappa shape index (κ2) is 10.2. The van der Waals surface area contributed by atoms with E-state index in [0.29, 0.717) is 44.2 Å². The van der Waals surface area contributed by atoms with E-state index < -0.39 is 0 Å². The molecule has 0 amide bonds. The van der Waals surface area contributed by atoms with Crippen LogP contribution in [0.4, 0.5) is 0 Å². The van der Waals surface area contributed by atoms with Crippen LogP contribution in [-0.2, 0) is 24.2 Å². The van der Waals surface area contributed by atoms with Gasteiger partial charge in [-0.2, -0.15) is 0 Å². The standard InChI is InChI=1S/C21H29N3O5/c1-2-28-20(26)16-8-3-4-10-18(16)29-15-12-22-11-5-6-13-24-19(25)17-9-7-14-23(17)21(24)27/h3-4,8,10,22,25H,2,5-7,9,11-15H2,1H3. The molecular formula is C21H29N3O5. The summed E-state index contributed by atoms with van der Waals surface area (Å²) < 4.78 is 13.9. The van der Waals surface area contributed by atoms with Crippen LogP contribution in [0.3, 0.4) is 0 Å². The van der Waals surface area contributed by atoms with Crippen LogP contribution >= 0.6 is 0 Å². The molecule has 0 fully saturated rings. The maximum atomic E-state index is 12.2. The fourth-order valence-electron chi connectivity index (χ4n) is 3.56. The zero-order chi connectivity index (χ0) is 20.6. The third-order valence-electron chi connectivity index (χ3n) is 5.00. The Balaban J connectivity index is 1.34. The summed E-state index contributed by atoms with van der Waals surface area (Å²) in [5.74, 6) is 0.268. The molecule has 8 nitrogen and oxygen atoms in total. The maximum absolute atomic E-state index is 12.2. The molecule has 29 heavy (non-hydrogen) atoms. The van der Waals surface area contributed by atoms with Crippen molar-refractivity contribution in [3.05, 3.63) is 46.0 Å². The molecule has 0 unspecified atom stereocenters. The molecule has 3 rings (SSSR count). The van der Waals surface area contributed by atoms with Gasteiger partial charge in [-0.1, -0.05) is 12.1 Å². The molecule has 2 heterocycles. The van der Waals surface area contributed by atoms with Gasteiger partial charge < -0.3 is 19.9 Å². The molecule has 0 radical (unpaired) electrons. The Bertz CT molecular complexity index is 887. The molecule has 0 atom stereocenters. The molecule has 0 saturated heterocycles. The predicted octanol–water partition coefficient (Wildman–Crippen LogP) is 1.93. The Morgan fingerprint density at radius 2 is 2.07 bits per heavy atom. The number of carbonyl (C=O) groups is 1. The summed E-state index contributed by atoms with van der Waals surface area (Å²) in [4.78, 5) is 24.2. The maximum Gasteiger partial charge on any atom is 0.341 e. The third kappa shape index (κ3) is 5.00. The van der Waals surface area contributed by atoms with Crippen molar-refractivity contribution in [2.45, 2.75) is 45.7 Å². The number of ether oxygens (including phenoxy) is 2. The molecule has 0 spiro atoms. The number of aromatic hydroxyl groups is 1. The van der Waals surface area contributed by atoms with Crippen LogP contribution in [0.5, 0.6) is 11.6 Å². The smallest absolute Gasteiger partial charge is 0.341 e. The van der Waals surface area contributed by atoms with Crippen molar-refractivity contribution < 1.29 is 19.4 Å². The van der Waals surface area contributed by atoms with Gasteiger partial charge in [-0.05, 0) is 51.3 Å². The van der Waals surface area contributed by atoms with Crippen molar-refractivity contribution >= 4 is 5.97 Å². The van der Waals surface area contributed by atoms with Crippen molar-refractivity contribution in [2.24, 2.45) is 0 Å². The zero-order valence-corrected chi connectivity index (χ0v) is 16.9. The topological polar surface area (TPSA) is 94.7 Å². The number of imidazole rings is 1. The Morgan fingerprint density at radius 1 is 1.24 bits per heavy atom. The molecule has 2 aromatic rings. The van der Waals surface area contributed by atoms with E-state index >= 15 is 0 Å². The van der Waals surface area contributed by atoms with Gasteiger partial charge in [0.2, 0.25) is 5.88 Å². The monoisotopic (exact) mass is 403 g/mol. The van der Waals surface area contributed by atoms with E-state index in [9.17, 15) is 14.7 Å². The zero-order valence-electron chi connectivity index (χ0n) is 16.9. The summed E-state index contributed by atoms with van der Waals surface area (Å²) in [5, 5.41) is 13.5. The number of nitrogens with one attached hydrogen (secondary N) is 1. The van der Waals surface area contributed by atoms with Gasteiger partial charge in [0.05, 0.1) is 12.3 Å². The van der Waals surface area contributed by atoms with Gasteiger partial charge in [-0.25, -0.2) is 9.59 Å². The minimum Gasteiger partial charge on any atom is -0.493 e. The summed E-state index contributed by atoms with van der Waals surface area (Å²) in [7, 11) is 0. The van der Waals surface area contributed by atoms with E-state index in [4.69, 9.17) is 9.47 Å². The van der Waals surface area contributed by atoms with Crippen LogP contribution < -0.4 is 15.7 Å². The van der Waals surface area contributed by atoms with Gasteiger partial charge in [-0.3, -0.25) is 9.13 Å². The molecule has 2 N–H and O–H groups in total. The van der Waals surface area contributed by atoms with Crippen molar-refractivity contribution in [3.63, 3.8) is 0 Å². The average molecular weight is 403 g/mol. The first-order chi connectivity index (χ1) is 14.1. The molecule has 1 aromatic carbocycles. The number of benzene rings is 1. The van der Waals surface area contributed by atoms with Crippen LogP contribution in [0.2, 0.25) is 0 Å². The fraction of sp³-hybridized carbons (Fsp3) is 0.524. The minimum atomic E-state index is -0.383. The minimum absolute atomic E-state index is 0.100. The highest BCUT2D eigenvalue weighted by molar-refractivity contribution is 5.92. The molecular weight excluding hydrogens is 374 g/mol. The highest BCUT2D eigenvalue weighted by Gasteiger charge is 2.22. The van der Waals surface area contributed by atoms with E-state index in [1.807, 2.05) is 6.07 Å². The second-order valence-corrected chi connectivity index (χ2v) is 6.98. The van der Waals surface area contributed by atoms with Crippen molar-refractivity contribution in [1.82, 2.24) is 14.5 Å². The Kier molecular flexibility index (Phi) is 7.35. The van der Waals surface area contributed by atoms with E-state index in [1.54, 1.807) is 29.7 Å². The van der Waals surface area contributed by atoms with Gasteiger partial charge >= 0.3 is 11.7 Å². The van der Waals surface area contributed by atoms with Crippen LogP contribution in [-0.4, -0.2) is 46.5 Å². The van der Waals surface area contributed by atoms with Gasteiger partial charge in [0.1, 0.15) is 17.9 Å². The molecule has 158 valence electrons. The summed E-state index contributed by atoms with van der Waals surface area (Å²) in [6.07, 6.45) is 3.38. The predicted molar refractivity (Wildman–Crippen MR) is 109 cm³/mol. The number of esters is 1. The summed E-state index contributed by atoms with van der Waals surface area (Å²) in [6.45, 7) is 5.18. The van der Waals surface area contributed by atoms with E-state index in [0.717, 1.165) is 37.9 Å². The lowest BCUT2D eigenvalue weighted by Gasteiger charge is -2.11. The number of nitrogens with zero attached hydrogens (tertiary/aromatic N) is 2. The molecule has 0 saturated carbocycles.